The number of carboxylic acid groups (broad SMARTS) is 1. The molecule has 0 unspecified atom stereocenters. The molecule has 1 rings (SSSR count). The second-order valence-electron chi connectivity index (χ2n) is 3.64. The van der Waals surface area contributed by atoms with Crippen molar-refractivity contribution >= 4 is 17.6 Å². The van der Waals surface area contributed by atoms with Gasteiger partial charge in [-0.1, -0.05) is 25.4 Å². The van der Waals surface area contributed by atoms with E-state index in [9.17, 15) is 4.79 Å². The molecule has 0 saturated carbocycles. The number of carboxylic acids is 1. The van der Waals surface area contributed by atoms with Crippen LogP contribution in [0.4, 0.5) is 0 Å². The smallest absolute Gasteiger partial charge is 0.340 e. The highest BCUT2D eigenvalue weighted by Crippen LogP contribution is 2.25. The van der Waals surface area contributed by atoms with Crippen molar-refractivity contribution in [2.24, 2.45) is 0 Å². The topological polar surface area (TPSA) is 78.9 Å². The van der Waals surface area contributed by atoms with Crippen LogP contribution in [0.1, 0.15) is 42.2 Å². The van der Waals surface area contributed by atoms with E-state index in [4.69, 9.17) is 22.0 Å². The van der Waals surface area contributed by atoms with E-state index < -0.39 is 5.97 Å². The van der Waals surface area contributed by atoms with Crippen LogP contribution in [-0.4, -0.2) is 20.9 Å². The third-order valence-electron chi connectivity index (χ3n) is 2.11. The molecular formula is C10H12ClN3O2. The molecule has 6 heteroatoms. The average Bonchev–Trinajstić information content (AvgIpc) is 2.53. The van der Waals surface area contributed by atoms with E-state index in [-0.39, 0.29) is 23.1 Å². The zero-order chi connectivity index (χ0) is 12.3. The molecule has 0 radical (unpaired) electrons. The summed E-state index contributed by atoms with van der Waals surface area (Å²) < 4.78 is 1.36. The maximum Gasteiger partial charge on any atom is 0.340 e. The Morgan fingerprint density at radius 3 is 2.69 bits per heavy atom. The van der Waals surface area contributed by atoms with E-state index in [0.717, 1.165) is 0 Å². The van der Waals surface area contributed by atoms with Gasteiger partial charge in [-0.25, -0.2) is 4.79 Å². The number of nitrogens with zero attached hydrogens (tertiary/aromatic N) is 3. The predicted molar refractivity (Wildman–Crippen MR) is 58.5 cm³/mol. The van der Waals surface area contributed by atoms with Crippen molar-refractivity contribution in [2.45, 2.75) is 32.7 Å². The summed E-state index contributed by atoms with van der Waals surface area (Å²) in [6.07, 6.45) is 0.248. The lowest BCUT2D eigenvalue weighted by Crippen LogP contribution is -2.01. The second-order valence-corrected chi connectivity index (χ2v) is 4.00. The van der Waals surface area contributed by atoms with Crippen LogP contribution in [0.5, 0.6) is 0 Å². The third-order valence-corrected chi connectivity index (χ3v) is 2.50. The first kappa shape index (κ1) is 12.5. The van der Waals surface area contributed by atoms with E-state index in [1.54, 1.807) is 0 Å². The molecule has 0 atom stereocenters. The van der Waals surface area contributed by atoms with Crippen LogP contribution in [0.3, 0.4) is 0 Å². The lowest BCUT2D eigenvalue weighted by atomic mass is 10.1. The van der Waals surface area contributed by atoms with E-state index in [1.807, 2.05) is 19.9 Å². The average molecular weight is 242 g/mol. The number of carbonyl (C=O) groups is 1. The number of nitriles is 1. The summed E-state index contributed by atoms with van der Waals surface area (Å²) in [7, 11) is 0. The van der Waals surface area contributed by atoms with Crippen molar-refractivity contribution in [1.29, 1.82) is 5.26 Å². The van der Waals surface area contributed by atoms with Gasteiger partial charge >= 0.3 is 5.97 Å². The minimum absolute atomic E-state index is 0.0214. The van der Waals surface area contributed by atoms with Gasteiger partial charge in [0, 0.05) is 0 Å². The monoisotopic (exact) mass is 241 g/mol. The van der Waals surface area contributed by atoms with Gasteiger partial charge in [0.25, 0.3) is 0 Å². The first-order chi connectivity index (χ1) is 7.49. The van der Waals surface area contributed by atoms with Crippen molar-refractivity contribution in [3.05, 3.63) is 16.4 Å². The molecule has 0 aliphatic rings. The van der Waals surface area contributed by atoms with Gasteiger partial charge < -0.3 is 5.11 Å². The fraction of sp³-hybridized carbons (Fsp3) is 0.500. The number of rotatable bonds is 4. The molecule has 0 aliphatic heterocycles. The maximum atomic E-state index is 11.0. The van der Waals surface area contributed by atoms with E-state index >= 15 is 0 Å². The summed E-state index contributed by atoms with van der Waals surface area (Å²) >= 11 is 5.91. The van der Waals surface area contributed by atoms with Gasteiger partial charge in [-0.15, -0.1) is 0 Å². The summed E-state index contributed by atoms with van der Waals surface area (Å²) in [6, 6.07) is 1.96. The number of halogens is 1. The van der Waals surface area contributed by atoms with E-state index in [0.29, 0.717) is 12.2 Å². The fourth-order valence-electron chi connectivity index (χ4n) is 1.36. The Hall–Kier alpha value is -1.54. The van der Waals surface area contributed by atoms with Crippen LogP contribution in [0.15, 0.2) is 0 Å². The molecule has 5 nitrogen and oxygen atoms in total. The van der Waals surface area contributed by atoms with Gasteiger partial charge in [-0.2, -0.15) is 10.4 Å². The highest BCUT2D eigenvalue weighted by molar-refractivity contribution is 6.32. The number of hydrogen-bond donors (Lipinski definition) is 1. The molecule has 0 amide bonds. The quantitative estimate of drug-likeness (QED) is 0.877. The van der Waals surface area contributed by atoms with Crippen molar-refractivity contribution in [1.82, 2.24) is 9.78 Å². The molecule has 0 spiro atoms. The highest BCUT2D eigenvalue weighted by atomic mass is 35.5. The Bertz CT molecular complexity index is 446. The first-order valence-electron chi connectivity index (χ1n) is 4.85. The zero-order valence-corrected chi connectivity index (χ0v) is 9.82. The first-order valence-corrected chi connectivity index (χ1v) is 5.23. The normalized spacial score (nSPS) is 10.4. The summed E-state index contributed by atoms with van der Waals surface area (Å²) in [5.41, 5.74) is 0.491. The van der Waals surface area contributed by atoms with Gasteiger partial charge in [0.2, 0.25) is 0 Å². The van der Waals surface area contributed by atoms with E-state index in [1.165, 1.54) is 4.68 Å². The van der Waals surface area contributed by atoms with Crippen LogP contribution < -0.4 is 0 Å². The largest absolute Gasteiger partial charge is 0.478 e. The Balaban J connectivity index is 3.20. The van der Waals surface area contributed by atoms with Crippen LogP contribution in [0.25, 0.3) is 0 Å². The van der Waals surface area contributed by atoms with Gasteiger partial charge in [-0.3, -0.25) is 4.68 Å². The van der Waals surface area contributed by atoms with Crippen molar-refractivity contribution < 1.29 is 9.90 Å². The van der Waals surface area contributed by atoms with E-state index in [2.05, 4.69) is 5.10 Å². The van der Waals surface area contributed by atoms with Crippen molar-refractivity contribution in [2.75, 3.05) is 0 Å². The zero-order valence-electron chi connectivity index (χ0n) is 9.07. The standard InChI is InChI=1S/C10H12ClN3O2/c1-6(2)8-7(10(15)16)9(11)14(13-8)5-3-4-12/h6H,3,5H2,1-2H3,(H,15,16). The number of aromatic carboxylic acids is 1. The molecule has 0 bridgehead atoms. The number of hydrogen-bond acceptors (Lipinski definition) is 3. The summed E-state index contributed by atoms with van der Waals surface area (Å²) in [6.45, 7) is 4.00. The highest BCUT2D eigenvalue weighted by Gasteiger charge is 2.23. The van der Waals surface area contributed by atoms with Crippen LogP contribution in [-0.2, 0) is 6.54 Å². The SMILES string of the molecule is CC(C)c1nn(CCC#N)c(Cl)c1C(=O)O. The van der Waals surface area contributed by atoms with Crippen LogP contribution >= 0.6 is 11.6 Å². The summed E-state index contributed by atoms with van der Waals surface area (Å²) in [5, 5.41) is 21.7. The fourth-order valence-corrected chi connectivity index (χ4v) is 1.66. The Kier molecular flexibility index (Phi) is 3.91. The molecule has 0 aliphatic carbocycles. The third kappa shape index (κ3) is 2.34. The predicted octanol–water partition coefficient (Wildman–Crippen LogP) is 2.27. The molecule has 1 N–H and O–H groups in total. The Labute approximate surface area is 98.2 Å². The molecule has 86 valence electrons. The van der Waals surface area contributed by atoms with Gasteiger partial charge in [0.05, 0.1) is 24.7 Å². The molecular weight excluding hydrogens is 230 g/mol. The molecule has 0 saturated heterocycles. The Morgan fingerprint density at radius 2 is 2.31 bits per heavy atom. The summed E-state index contributed by atoms with van der Waals surface area (Å²) in [5.74, 6) is -1.11. The van der Waals surface area contributed by atoms with Crippen LogP contribution in [0.2, 0.25) is 5.15 Å². The maximum absolute atomic E-state index is 11.0. The molecule has 0 aromatic carbocycles. The molecule has 1 heterocycles. The van der Waals surface area contributed by atoms with Crippen molar-refractivity contribution in [3.63, 3.8) is 0 Å². The lowest BCUT2D eigenvalue weighted by molar-refractivity contribution is 0.0695. The van der Waals surface area contributed by atoms with Crippen LogP contribution in [0, 0.1) is 11.3 Å². The minimum Gasteiger partial charge on any atom is -0.478 e. The molecule has 16 heavy (non-hydrogen) atoms. The second kappa shape index (κ2) is 4.99. The molecule has 1 aromatic heterocycles. The minimum atomic E-state index is -1.09. The lowest BCUT2D eigenvalue weighted by Gasteiger charge is -2.00. The molecule has 1 aromatic rings. The number of aryl methyl sites for hydroxylation is 1. The Morgan fingerprint density at radius 1 is 1.69 bits per heavy atom. The molecule has 0 fully saturated rings. The summed E-state index contributed by atoms with van der Waals surface area (Å²) in [4.78, 5) is 11.0. The van der Waals surface area contributed by atoms with Gasteiger partial charge in [0.1, 0.15) is 10.7 Å². The van der Waals surface area contributed by atoms with Gasteiger partial charge in [-0.05, 0) is 5.92 Å². The van der Waals surface area contributed by atoms with Crippen molar-refractivity contribution in [3.8, 4) is 6.07 Å². The van der Waals surface area contributed by atoms with Gasteiger partial charge in [0.15, 0.2) is 0 Å². The number of aromatic nitrogens is 2.